The van der Waals surface area contributed by atoms with Gasteiger partial charge in [0.15, 0.2) is 0 Å². The Morgan fingerprint density at radius 1 is 1.33 bits per heavy atom. The number of nitrogens with one attached hydrogen (secondary N) is 1. The second kappa shape index (κ2) is 7.05. The van der Waals surface area contributed by atoms with E-state index in [0.717, 1.165) is 25.9 Å². The Hall–Kier alpha value is -2.12. The van der Waals surface area contributed by atoms with E-state index in [4.69, 9.17) is 4.74 Å². The van der Waals surface area contributed by atoms with Crippen molar-refractivity contribution in [2.45, 2.75) is 19.8 Å². The number of carbonyl (C=O) groups excluding carboxylic acids is 1. The van der Waals surface area contributed by atoms with Gasteiger partial charge in [0.1, 0.15) is 0 Å². The van der Waals surface area contributed by atoms with Gasteiger partial charge in [0.2, 0.25) is 17.8 Å². The second-order valence-corrected chi connectivity index (χ2v) is 4.87. The van der Waals surface area contributed by atoms with Crippen LogP contribution in [0.15, 0.2) is 0 Å². The highest BCUT2D eigenvalue weighted by Crippen LogP contribution is 2.15. The first-order chi connectivity index (χ1) is 10.1. The van der Waals surface area contributed by atoms with Crippen molar-refractivity contribution in [2.75, 3.05) is 50.6 Å². The molecule has 1 aliphatic heterocycles. The van der Waals surface area contributed by atoms with Crippen LogP contribution in [0.4, 0.5) is 11.9 Å². The maximum Gasteiger partial charge on any atom is 0.323 e. The summed E-state index contributed by atoms with van der Waals surface area (Å²) < 4.78 is 5.32. The molecule has 8 nitrogen and oxygen atoms in total. The number of aromatic nitrogens is 3. The highest BCUT2D eigenvalue weighted by atomic mass is 16.5. The third-order valence-corrected chi connectivity index (χ3v) is 3.27. The molecule has 0 radical (unpaired) electrons. The molecule has 0 saturated carbocycles. The molecule has 1 aromatic heterocycles. The van der Waals surface area contributed by atoms with Crippen molar-refractivity contribution in [1.29, 1.82) is 0 Å². The Labute approximate surface area is 124 Å². The van der Waals surface area contributed by atoms with Gasteiger partial charge in [-0.3, -0.25) is 4.79 Å². The molecule has 1 aliphatic rings. The normalized spacial score (nSPS) is 14.1. The average Bonchev–Trinajstić information content (AvgIpc) is 3.01. The molecule has 0 bridgehead atoms. The fourth-order valence-corrected chi connectivity index (χ4v) is 2.16. The summed E-state index contributed by atoms with van der Waals surface area (Å²) in [6.45, 7) is 4.27. The molecule has 2 rings (SSSR count). The summed E-state index contributed by atoms with van der Waals surface area (Å²) in [6, 6.07) is 0.257. The SMILES string of the molecule is CCOc1nc(NC)nc(N(C)CC(=O)N2CCCC2)n1. The quantitative estimate of drug-likeness (QED) is 0.811. The standard InChI is InChI=1S/C13H22N6O2/c1-4-21-13-16-11(14-2)15-12(17-13)18(3)9-10(20)19-7-5-6-8-19/h4-9H2,1-3H3,(H,14,15,16,17). The van der Waals surface area contributed by atoms with Gasteiger partial charge in [0.05, 0.1) is 13.2 Å². The summed E-state index contributed by atoms with van der Waals surface area (Å²) in [5.41, 5.74) is 0. The van der Waals surface area contributed by atoms with E-state index in [9.17, 15) is 4.79 Å². The van der Waals surface area contributed by atoms with E-state index in [1.165, 1.54) is 0 Å². The van der Waals surface area contributed by atoms with E-state index in [0.29, 0.717) is 18.5 Å². The number of likely N-dealkylation sites (N-methyl/N-ethyl adjacent to an activating group) is 1. The van der Waals surface area contributed by atoms with E-state index < -0.39 is 0 Å². The highest BCUT2D eigenvalue weighted by molar-refractivity contribution is 5.81. The van der Waals surface area contributed by atoms with Crippen molar-refractivity contribution in [3.05, 3.63) is 0 Å². The fraction of sp³-hybridized carbons (Fsp3) is 0.692. The number of amides is 1. The van der Waals surface area contributed by atoms with Crippen molar-refractivity contribution in [3.8, 4) is 6.01 Å². The second-order valence-electron chi connectivity index (χ2n) is 4.87. The Kier molecular flexibility index (Phi) is 5.13. The Balaban J connectivity index is 2.08. The maximum absolute atomic E-state index is 12.2. The van der Waals surface area contributed by atoms with Crippen LogP contribution in [0.2, 0.25) is 0 Å². The lowest BCUT2D eigenvalue weighted by atomic mass is 10.4. The van der Waals surface area contributed by atoms with Crippen LogP contribution in [0.5, 0.6) is 6.01 Å². The van der Waals surface area contributed by atoms with Gasteiger partial charge in [-0.25, -0.2) is 0 Å². The van der Waals surface area contributed by atoms with E-state index in [-0.39, 0.29) is 18.5 Å². The Bertz CT molecular complexity index is 490. The van der Waals surface area contributed by atoms with Gasteiger partial charge in [0, 0.05) is 27.2 Å². The Morgan fingerprint density at radius 2 is 2.05 bits per heavy atom. The maximum atomic E-state index is 12.2. The van der Waals surface area contributed by atoms with Gasteiger partial charge >= 0.3 is 6.01 Å². The summed E-state index contributed by atoms with van der Waals surface area (Å²) in [4.78, 5) is 28.3. The Morgan fingerprint density at radius 3 is 2.67 bits per heavy atom. The topological polar surface area (TPSA) is 83.5 Å². The third kappa shape index (κ3) is 3.93. The molecule has 1 aromatic rings. The summed E-state index contributed by atoms with van der Waals surface area (Å²) in [5, 5.41) is 2.87. The number of anilines is 2. The predicted molar refractivity (Wildman–Crippen MR) is 79.6 cm³/mol. The van der Waals surface area contributed by atoms with E-state index in [1.807, 2.05) is 11.8 Å². The molecule has 0 spiro atoms. The van der Waals surface area contributed by atoms with Crippen molar-refractivity contribution in [1.82, 2.24) is 19.9 Å². The highest BCUT2D eigenvalue weighted by Gasteiger charge is 2.20. The third-order valence-electron chi connectivity index (χ3n) is 3.27. The van der Waals surface area contributed by atoms with Gasteiger partial charge in [-0.1, -0.05) is 0 Å². The first kappa shape index (κ1) is 15.3. The van der Waals surface area contributed by atoms with Gasteiger partial charge in [-0.2, -0.15) is 15.0 Å². The summed E-state index contributed by atoms with van der Waals surface area (Å²) >= 11 is 0. The zero-order valence-corrected chi connectivity index (χ0v) is 12.8. The molecular weight excluding hydrogens is 272 g/mol. The molecular formula is C13H22N6O2. The number of hydrogen-bond acceptors (Lipinski definition) is 7. The molecule has 1 fully saturated rings. The number of likely N-dealkylation sites (tertiary alicyclic amines) is 1. The van der Waals surface area contributed by atoms with Crippen LogP contribution in [0.1, 0.15) is 19.8 Å². The van der Waals surface area contributed by atoms with Gasteiger partial charge in [-0.15, -0.1) is 0 Å². The van der Waals surface area contributed by atoms with Crippen molar-refractivity contribution in [3.63, 3.8) is 0 Å². The molecule has 0 atom stereocenters. The minimum Gasteiger partial charge on any atom is -0.464 e. The van der Waals surface area contributed by atoms with E-state index >= 15 is 0 Å². The lowest BCUT2D eigenvalue weighted by Crippen LogP contribution is -2.38. The number of ether oxygens (including phenoxy) is 1. The zero-order chi connectivity index (χ0) is 15.2. The van der Waals surface area contributed by atoms with E-state index in [1.54, 1.807) is 19.0 Å². The van der Waals surface area contributed by atoms with Gasteiger partial charge in [0.25, 0.3) is 0 Å². The molecule has 8 heteroatoms. The molecule has 1 amide bonds. The van der Waals surface area contributed by atoms with Gasteiger partial charge < -0.3 is 19.9 Å². The minimum atomic E-state index is 0.0966. The van der Waals surface area contributed by atoms with Crippen molar-refractivity contribution in [2.24, 2.45) is 0 Å². The molecule has 0 aliphatic carbocycles. The van der Waals surface area contributed by atoms with Crippen molar-refractivity contribution >= 4 is 17.8 Å². The number of carbonyl (C=O) groups is 1. The molecule has 2 heterocycles. The van der Waals surface area contributed by atoms with Crippen LogP contribution < -0.4 is 15.0 Å². The predicted octanol–water partition coefficient (Wildman–Crippen LogP) is 0.371. The average molecular weight is 294 g/mol. The van der Waals surface area contributed by atoms with Crippen LogP contribution in [-0.4, -0.2) is 66.1 Å². The molecule has 21 heavy (non-hydrogen) atoms. The first-order valence-corrected chi connectivity index (χ1v) is 7.19. The van der Waals surface area contributed by atoms with Crippen LogP contribution in [0.25, 0.3) is 0 Å². The first-order valence-electron chi connectivity index (χ1n) is 7.19. The van der Waals surface area contributed by atoms with Crippen LogP contribution in [0, 0.1) is 0 Å². The van der Waals surface area contributed by atoms with Crippen LogP contribution >= 0.6 is 0 Å². The summed E-state index contributed by atoms with van der Waals surface area (Å²) in [5.74, 6) is 0.939. The van der Waals surface area contributed by atoms with Crippen LogP contribution in [-0.2, 0) is 4.79 Å². The monoisotopic (exact) mass is 294 g/mol. The summed E-state index contributed by atoms with van der Waals surface area (Å²) in [7, 11) is 3.52. The smallest absolute Gasteiger partial charge is 0.323 e. The lowest BCUT2D eigenvalue weighted by Gasteiger charge is -2.21. The molecule has 1 saturated heterocycles. The molecule has 116 valence electrons. The zero-order valence-electron chi connectivity index (χ0n) is 12.8. The molecule has 0 unspecified atom stereocenters. The number of nitrogens with zero attached hydrogens (tertiary/aromatic N) is 5. The molecule has 1 N–H and O–H groups in total. The minimum absolute atomic E-state index is 0.0966. The summed E-state index contributed by atoms with van der Waals surface area (Å²) in [6.07, 6.45) is 2.17. The number of hydrogen-bond donors (Lipinski definition) is 1. The lowest BCUT2D eigenvalue weighted by molar-refractivity contribution is -0.128. The van der Waals surface area contributed by atoms with Gasteiger partial charge in [-0.05, 0) is 19.8 Å². The fourth-order valence-electron chi connectivity index (χ4n) is 2.16. The molecule has 0 aromatic carbocycles. The van der Waals surface area contributed by atoms with Crippen LogP contribution in [0.3, 0.4) is 0 Å². The van der Waals surface area contributed by atoms with E-state index in [2.05, 4.69) is 20.3 Å². The van der Waals surface area contributed by atoms with Crippen molar-refractivity contribution < 1.29 is 9.53 Å². The number of rotatable bonds is 6. The largest absolute Gasteiger partial charge is 0.464 e.